The molecule has 0 bridgehead atoms. The first-order valence-corrected chi connectivity index (χ1v) is 8.82. The van der Waals surface area contributed by atoms with Gasteiger partial charge in [-0.05, 0) is 49.9 Å². The van der Waals surface area contributed by atoms with Crippen LogP contribution in [0.4, 0.5) is 0 Å². The molecule has 1 saturated heterocycles. The van der Waals surface area contributed by atoms with Crippen molar-refractivity contribution in [1.82, 2.24) is 15.2 Å². The lowest BCUT2D eigenvalue weighted by Gasteiger charge is -2.19. The van der Waals surface area contributed by atoms with E-state index in [1.807, 2.05) is 18.2 Å². The Balaban J connectivity index is 1.49. The molecule has 0 unspecified atom stereocenters. The second-order valence-corrected chi connectivity index (χ2v) is 6.50. The summed E-state index contributed by atoms with van der Waals surface area (Å²) in [6, 6.07) is 14.4. The van der Waals surface area contributed by atoms with E-state index >= 15 is 0 Å². The van der Waals surface area contributed by atoms with E-state index in [1.165, 1.54) is 11.1 Å². The molecule has 1 aromatic heterocycles. The third-order valence-electron chi connectivity index (χ3n) is 4.78. The number of rotatable bonds is 6. The first kappa shape index (κ1) is 17.2. The zero-order chi connectivity index (χ0) is 17.6. The summed E-state index contributed by atoms with van der Waals surface area (Å²) in [5.74, 6) is 0.0276. The van der Waals surface area contributed by atoms with Crippen molar-refractivity contribution in [2.24, 2.45) is 0 Å². The number of hydrogen-bond acceptors (Lipinski definition) is 3. The van der Waals surface area contributed by atoms with Gasteiger partial charge in [0.2, 0.25) is 5.91 Å². The lowest BCUT2D eigenvalue weighted by atomic mass is 10.1. The number of nitrogens with zero attached hydrogens (tertiary/aromatic N) is 2. The molecule has 3 rings (SSSR count). The lowest BCUT2D eigenvalue weighted by molar-refractivity contribution is -0.130. The van der Waals surface area contributed by atoms with Crippen LogP contribution in [0, 0.1) is 18.3 Å². The summed E-state index contributed by atoms with van der Waals surface area (Å²) >= 11 is 0. The van der Waals surface area contributed by atoms with Crippen molar-refractivity contribution < 1.29 is 4.79 Å². The van der Waals surface area contributed by atoms with Crippen LogP contribution in [0.25, 0.3) is 11.3 Å². The van der Waals surface area contributed by atoms with Crippen molar-refractivity contribution in [1.29, 1.82) is 5.26 Å². The topological polar surface area (TPSA) is 71.9 Å². The molecule has 1 amide bonds. The average molecular weight is 336 g/mol. The molecule has 1 fully saturated rings. The van der Waals surface area contributed by atoms with Crippen LogP contribution < -0.4 is 5.32 Å². The van der Waals surface area contributed by atoms with Gasteiger partial charge in [0.1, 0.15) is 6.04 Å². The number of nitrogens with one attached hydrogen (secondary N) is 2. The molecule has 130 valence electrons. The monoisotopic (exact) mass is 336 g/mol. The van der Waals surface area contributed by atoms with E-state index in [9.17, 15) is 4.79 Å². The summed E-state index contributed by atoms with van der Waals surface area (Å²) in [5, 5.41) is 12.3. The number of amides is 1. The number of nitriles is 1. The van der Waals surface area contributed by atoms with Crippen LogP contribution in [0.2, 0.25) is 0 Å². The number of benzene rings is 1. The molecular formula is C20H24N4O. The van der Waals surface area contributed by atoms with Crippen molar-refractivity contribution in [3.05, 3.63) is 47.7 Å². The van der Waals surface area contributed by atoms with Crippen molar-refractivity contribution in [3.63, 3.8) is 0 Å². The molecule has 1 aliphatic heterocycles. The van der Waals surface area contributed by atoms with Crippen LogP contribution in [0.15, 0.2) is 36.4 Å². The second kappa shape index (κ2) is 8.00. The fourth-order valence-electron chi connectivity index (χ4n) is 3.35. The Morgan fingerprint density at radius 1 is 1.40 bits per heavy atom. The normalized spacial score (nSPS) is 16.8. The van der Waals surface area contributed by atoms with Gasteiger partial charge in [0.05, 0.1) is 12.6 Å². The molecule has 1 aromatic carbocycles. The number of aromatic amines is 1. The smallest absolute Gasteiger partial charge is 0.237 e. The molecule has 1 aliphatic rings. The number of carbonyl (C=O) groups is 1. The molecule has 25 heavy (non-hydrogen) atoms. The third kappa shape index (κ3) is 4.09. The summed E-state index contributed by atoms with van der Waals surface area (Å²) in [6.07, 6.45) is 2.59. The van der Waals surface area contributed by atoms with Gasteiger partial charge in [0, 0.05) is 17.9 Å². The van der Waals surface area contributed by atoms with E-state index in [-0.39, 0.29) is 11.9 Å². The summed E-state index contributed by atoms with van der Waals surface area (Å²) < 4.78 is 0. The Kier molecular flexibility index (Phi) is 5.52. The summed E-state index contributed by atoms with van der Waals surface area (Å²) in [5.41, 5.74) is 4.72. The van der Waals surface area contributed by atoms with Gasteiger partial charge in [-0.15, -0.1) is 0 Å². The Morgan fingerprint density at radius 2 is 2.20 bits per heavy atom. The molecule has 0 spiro atoms. The predicted molar refractivity (Wildman–Crippen MR) is 97.9 cm³/mol. The lowest BCUT2D eigenvalue weighted by Crippen LogP contribution is -2.41. The standard InChI is InChI=1S/C20H24N4O/c1-15-17(12-19(23-15)16-6-3-2-4-7-16)9-10-22-14-20(25)24-11-5-8-18(24)13-21/h2-4,6-7,12,18,22-23H,5,8-11,14H2,1H3/t18-/m0/s1. The maximum atomic E-state index is 12.2. The van der Waals surface area contributed by atoms with Crippen molar-refractivity contribution in [3.8, 4) is 17.3 Å². The largest absolute Gasteiger partial charge is 0.358 e. The van der Waals surface area contributed by atoms with E-state index in [2.05, 4.69) is 41.5 Å². The molecule has 0 radical (unpaired) electrons. The van der Waals surface area contributed by atoms with Gasteiger partial charge in [0.15, 0.2) is 0 Å². The van der Waals surface area contributed by atoms with Gasteiger partial charge in [0.25, 0.3) is 0 Å². The first-order valence-electron chi connectivity index (χ1n) is 8.82. The Labute approximate surface area is 148 Å². The van der Waals surface area contributed by atoms with Crippen LogP contribution in [0.5, 0.6) is 0 Å². The molecule has 1 atom stereocenters. The van der Waals surface area contributed by atoms with E-state index in [0.29, 0.717) is 13.1 Å². The highest BCUT2D eigenvalue weighted by molar-refractivity contribution is 5.79. The molecular weight excluding hydrogens is 312 g/mol. The van der Waals surface area contributed by atoms with Crippen LogP contribution in [-0.2, 0) is 11.2 Å². The molecule has 0 aliphatic carbocycles. The maximum absolute atomic E-state index is 12.2. The minimum atomic E-state index is -0.241. The minimum absolute atomic E-state index is 0.0276. The SMILES string of the molecule is Cc1[nH]c(-c2ccccc2)cc1CCNCC(=O)N1CCC[C@H]1C#N. The van der Waals surface area contributed by atoms with E-state index < -0.39 is 0 Å². The number of carbonyl (C=O) groups excluding carboxylic acids is 1. The van der Waals surface area contributed by atoms with Gasteiger partial charge in [-0.1, -0.05) is 30.3 Å². The minimum Gasteiger partial charge on any atom is -0.358 e. The number of H-pyrrole nitrogens is 1. The number of aromatic nitrogens is 1. The molecule has 2 heterocycles. The highest BCUT2D eigenvalue weighted by atomic mass is 16.2. The average Bonchev–Trinajstić information content (AvgIpc) is 3.26. The van der Waals surface area contributed by atoms with Gasteiger partial charge >= 0.3 is 0 Å². The second-order valence-electron chi connectivity index (χ2n) is 6.50. The fraction of sp³-hybridized carbons (Fsp3) is 0.400. The molecule has 5 nitrogen and oxygen atoms in total. The molecule has 5 heteroatoms. The Morgan fingerprint density at radius 3 is 2.96 bits per heavy atom. The maximum Gasteiger partial charge on any atom is 0.237 e. The number of likely N-dealkylation sites (tertiary alicyclic amines) is 1. The highest BCUT2D eigenvalue weighted by Gasteiger charge is 2.27. The molecule has 2 aromatic rings. The fourth-order valence-corrected chi connectivity index (χ4v) is 3.35. The number of hydrogen-bond donors (Lipinski definition) is 2. The van der Waals surface area contributed by atoms with Gasteiger partial charge in [-0.2, -0.15) is 5.26 Å². The van der Waals surface area contributed by atoms with Gasteiger partial charge < -0.3 is 15.2 Å². The Bertz CT molecular complexity index is 760. The number of aryl methyl sites for hydroxylation is 1. The highest BCUT2D eigenvalue weighted by Crippen LogP contribution is 2.21. The van der Waals surface area contributed by atoms with E-state index in [4.69, 9.17) is 5.26 Å². The van der Waals surface area contributed by atoms with Crippen LogP contribution in [0.3, 0.4) is 0 Å². The first-order chi connectivity index (χ1) is 12.2. The van der Waals surface area contributed by atoms with Gasteiger partial charge in [-0.3, -0.25) is 4.79 Å². The quantitative estimate of drug-likeness (QED) is 0.797. The zero-order valence-corrected chi connectivity index (χ0v) is 14.6. The summed E-state index contributed by atoms with van der Waals surface area (Å²) in [7, 11) is 0. The summed E-state index contributed by atoms with van der Waals surface area (Å²) in [4.78, 5) is 17.3. The van der Waals surface area contributed by atoms with Crippen LogP contribution in [-0.4, -0.2) is 41.5 Å². The van der Waals surface area contributed by atoms with Crippen LogP contribution >= 0.6 is 0 Å². The zero-order valence-electron chi connectivity index (χ0n) is 14.6. The Hall–Kier alpha value is -2.58. The van der Waals surface area contributed by atoms with E-state index in [1.54, 1.807) is 4.90 Å². The van der Waals surface area contributed by atoms with Gasteiger partial charge in [-0.25, -0.2) is 0 Å². The van der Waals surface area contributed by atoms with Crippen LogP contribution in [0.1, 0.15) is 24.1 Å². The van der Waals surface area contributed by atoms with Crippen molar-refractivity contribution in [2.75, 3.05) is 19.6 Å². The molecule has 0 saturated carbocycles. The summed E-state index contributed by atoms with van der Waals surface area (Å²) in [6.45, 7) is 3.82. The van der Waals surface area contributed by atoms with Crippen molar-refractivity contribution >= 4 is 5.91 Å². The predicted octanol–water partition coefficient (Wildman–Crippen LogP) is 2.64. The molecule has 2 N–H and O–H groups in total. The third-order valence-corrected chi connectivity index (χ3v) is 4.78. The van der Waals surface area contributed by atoms with E-state index in [0.717, 1.165) is 37.2 Å². The van der Waals surface area contributed by atoms with Crippen molar-refractivity contribution in [2.45, 2.75) is 32.2 Å².